The molecule has 1 aliphatic carbocycles. The number of hydrogen-bond acceptors (Lipinski definition) is 6. The monoisotopic (exact) mass is 483 g/mol. The van der Waals surface area contributed by atoms with Crippen LogP contribution in [0.2, 0.25) is 0 Å². The molecule has 4 aromatic rings. The van der Waals surface area contributed by atoms with Crippen LogP contribution >= 0.6 is 0 Å². The molecular formula is C27H26FN7O. The second-order valence-corrected chi connectivity index (χ2v) is 9.56. The number of nitrogens with one attached hydrogen (secondary N) is 2. The van der Waals surface area contributed by atoms with Gasteiger partial charge < -0.3 is 15.2 Å². The Morgan fingerprint density at radius 1 is 1.11 bits per heavy atom. The second-order valence-electron chi connectivity index (χ2n) is 9.56. The highest BCUT2D eigenvalue weighted by Crippen LogP contribution is 2.40. The fourth-order valence-corrected chi connectivity index (χ4v) is 4.78. The topological polar surface area (TPSA) is 97.6 Å². The smallest absolute Gasteiger partial charge is 0.251 e. The van der Waals surface area contributed by atoms with Crippen molar-refractivity contribution in [3.8, 4) is 33.8 Å². The minimum Gasteiger partial charge on any atom is -0.348 e. The first-order chi connectivity index (χ1) is 17.5. The van der Waals surface area contributed by atoms with E-state index < -0.39 is 5.82 Å². The summed E-state index contributed by atoms with van der Waals surface area (Å²) in [7, 11) is 1.82. The van der Waals surface area contributed by atoms with Crippen molar-refractivity contribution in [3.05, 3.63) is 71.2 Å². The molecule has 0 atom stereocenters. The van der Waals surface area contributed by atoms with E-state index in [1.165, 1.54) is 25.0 Å². The van der Waals surface area contributed by atoms with Crippen molar-refractivity contribution in [1.82, 2.24) is 35.4 Å². The summed E-state index contributed by atoms with van der Waals surface area (Å²) in [6, 6.07) is 10.6. The Labute approximate surface area is 208 Å². The Kier molecular flexibility index (Phi) is 5.56. The third-order valence-corrected chi connectivity index (χ3v) is 6.74. The van der Waals surface area contributed by atoms with Gasteiger partial charge in [-0.1, -0.05) is 12.1 Å². The van der Waals surface area contributed by atoms with Crippen LogP contribution in [0, 0.1) is 18.7 Å². The molecule has 0 unspecified atom stereocenters. The van der Waals surface area contributed by atoms with Crippen molar-refractivity contribution in [1.29, 1.82) is 0 Å². The first-order valence-corrected chi connectivity index (χ1v) is 12.1. The molecule has 0 spiro atoms. The Morgan fingerprint density at radius 3 is 2.72 bits per heavy atom. The summed E-state index contributed by atoms with van der Waals surface area (Å²) in [5, 5.41) is 14.6. The average molecular weight is 484 g/mol. The predicted molar refractivity (Wildman–Crippen MR) is 133 cm³/mol. The van der Waals surface area contributed by atoms with E-state index in [1.54, 1.807) is 10.9 Å². The number of halogens is 1. The molecule has 0 bridgehead atoms. The Hall–Kier alpha value is -3.98. The van der Waals surface area contributed by atoms with Crippen molar-refractivity contribution >= 4 is 5.91 Å². The van der Waals surface area contributed by atoms with Gasteiger partial charge in [0.15, 0.2) is 5.82 Å². The van der Waals surface area contributed by atoms with Crippen molar-refractivity contribution in [2.45, 2.75) is 32.9 Å². The molecule has 1 aliphatic heterocycles. The summed E-state index contributed by atoms with van der Waals surface area (Å²) in [5.74, 6) is 1.37. The van der Waals surface area contributed by atoms with Crippen LogP contribution in [0.15, 0.2) is 42.7 Å². The van der Waals surface area contributed by atoms with Crippen LogP contribution in [0.5, 0.6) is 0 Å². The highest BCUT2D eigenvalue weighted by atomic mass is 19.1. The maximum absolute atomic E-state index is 15.1. The molecular weight excluding hydrogens is 457 g/mol. The maximum atomic E-state index is 15.1. The van der Waals surface area contributed by atoms with E-state index in [4.69, 9.17) is 4.98 Å². The molecule has 8 nitrogen and oxygen atoms in total. The van der Waals surface area contributed by atoms with Gasteiger partial charge in [0, 0.05) is 42.4 Å². The number of benzene rings is 2. The minimum absolute atomic E-state index is 0.113. The van der Waals surface area contributed by atoms with Gasteiger partial charge in [-0.05, 0) is 67.6 Å². The van der Waals surface area contributed by atoms with Crippen LogP contribution in [0.25, 0.3) is 33.8 Å². The van der Waals surface area contributed by atoms with Crippen LogP contribution in [-0.4, -0.2) is 37.2 Å². The lowest BCUT2D eigenvalue weighted by Crippen LogP contribution is -2.17. The quantitative estimate of drug-likeness (QED) is 0.415. The first-order valence-electron chi connectivity index (χ1n) is 12.1. The molecule has 0 saturated heterocycles. The standard InChI is InChI=1S/C27H26FN7O/c1-15-32-20(13-29-11-16-3-4-16)10-24(33-15)22-8-19(28)9-23(26-34-31-14-35(26)2)25(22)17-5-6-18-12-30-27(36)21(18)7-17/h5-10,14,16,29H,3-4,11-13H2,1-2H3,(H,30,36). The number of carbonyl (C=O) groups excluding carboxylic acids is 1. The number of hydrogen-bond donors (Lipinski definition) is 2. The van der Waals surface area contributed by atoms with Crippen LogP contribution in [0.1, 0.15) is 40.3 Å². The number of fused-ring (bicyclic) bond motifs is 1. The molecule has 2 aromatic carbocycles. The lowest BCUT2D eigenvalue weighted by Gasteiger charge is -2.17. The van der Waals surface area contributed by atoms with Gasteiger partial charge in [0.1, 0.15) is 18.0 Å². The summed E-state index contributed by atoms with van der Waals surface area (Å²) >= 11 is 0. The number of aryl methyl sites for hydroxylation is 2. The summed E-state index contributed by atoms with van der Waals surface area (Å²) in [6.07, 6.45) is 4.13. The van der Waals surface area contributed by atoms with Crippen LogP contribution in [0.4, 0.5) is 4.39 Å². The van der Waals surface area contributed by atoms with E-state index in [9.17, 15) is 4.79 Å². The van der Waals surface area contributed by atoms with Crippen molar-refractivity contribution in [2.24, 2.45) is 13.0 Å². The first kappa shape index (κ1) is 22.5. The third kappa shape index (κ3) is 4.26. The lowest BCUT2D eigenvalue weighted by atomic mass is 9.90. The molecule has 2 aliphatic rings. The highest BCUT2D eigenvalue weighted by molar-refractivity contribution is 6.01. The second kappa shape index (κ2) is 8.91. The van der Waals surface area contributed by atoms with Crippen molar-refractivity contribution < 1.29 is 9.18 Å². The zero-order valence-electron chi connectivity index (χ0n) is 20.2. The zero-order chi connectivity index (χ0) is 24.8. The van der Waals surface area contributed by atoms with Crippen LogP contribution < -0.4 is 10.6 Å². The van der Waals surface area contributed by atoms with Gasteiger partial charge in [0.05, 0.1) is 11.4 Å². The van der Waals surface area contributed by atoms with Gasteiger partial charge in [-0.2, -0.15) is 0 Å². The lowest BCUT2D eigenvalue weighted by molar-refractivity contribution is 0.0966. The molecule has 6 rings (SSSR count). The van der Waals surface area contributed by atoms with Crippen LogP contribution in [0.3, 0.4) is 0 Å². The van der Waals surface area contributed by atoms with E-state index in [-0.39, 0.29) is 5.91 Å². The van der Waals surface area contributed by atoms with Gasteiger partial charge in [-0.3, -0.25) is 4.79 Å². The normalized spacial score (nSPS) is 14.7. The third-order valence-electron chi connectivity index (χ3n) is 6.74. The molecule has 0 radical (unpaired) electrons. The fourth-order valence-electron chi connectivity index (χ4n) is 4.78. The average Bonchev–Trinajstić information content (AvgIpc) is 3.47. The number of carbonyl (C=O) groups is 1. The van der Waals surface area contributed by atoms with E-state index in [0.717, 1.165) is 34.8 Å². The molecule has 36 heavy (non-hydrogen) atoms. The van der Waals surface area contributed by atoms with Crippen LogP contribution in [-0.2, 0) is 20.1 Å². The molecule has 2 N–H and O–H groups in total. The van der Waals surface area contributed by atoms with Crippen molar-refractivity contribution in [3.63, 3.8) is 0 Å². The predicted octanol–water partition coefficient (Wildman–Crippen LogP) is 3.80. The summed E-state index contributed by atoms with van der Waals surface area (Å²) in [4.78, 5) is 21.7. The fraction of sp³-hybridized carbons (Fsp3) is 0.296. The number of rotatable bonds is 7. The van der Waals surface area contributed by atoms with Gasteiger partial charge >= 0.3 is 0 Å². The number of aromatic nitrogens is 5. The van der Waals surface area contributed by atoms with E-state index in [2.05, 4.69) is 25.8 Å². The summed E-state index contributed by atoms with van der Waals surface area (Å²) in [6.45, 7) is 3.93. The highest BCUT2D eigenvalue weighted by Gasteiger charge is 2.24. The Balaban J connectivity index is 1.53. The van der Waals surface area contributed by atoms with Crippen molar-refractivity contribution in [2.75, 3.05) is 6.54 Å². The van der Waals surface area contributed by atoms with Gasteiger partial charge in [-0.25, -0.2) is 14.4 Å². The molecule has 3 heterocycles. The molecule has 2 aromatic heterocycles. The van der Waals surface area contributed by atoms with E-state index in [0.29, 0.717) is 47.1 Å². The van der Waals surface area contributed by atoms with Gasteiger partial charge in [-0.15, -0.1) is 10.2 Å². The largest absolute Gasteiger partial charge is 0.348 e. The zero-order valence-corrected chi connectivity index (χ0v) is 20.2. The molecule has 1 amide bonds. The number of amides is 1. The van der Waals surface area contributed by atoms with Gasteiger partial charge in [0.25, 0.3) is 5.91 Å². The summed E-state index contributed by atoms with van der Waals surface area (Å²) < 4.78 is 16.9. The maximum Gasteiger partial charge on any atom is 0.251 e. The van der Waals surface area contributed by atoms with Gasteiger partial charge in [0.2, 0.25) is 0 Å². The Morgan fingerprint density at radius 2 is 1.94 bits per heavy atom. The molecule has 1 saturated carbocycles. The SMILES string of the molecule is Cc1nc(CNCC2CC2)cc(-c2cc(F)cc(-c3nncn3C)c2-c2ccc3c(c2)C(=O)NC3)n1. The molecule has 1 fully saturated rings. The Bertz CT molecular complexity index is 1490. The molecule has 182 valence electrons. The minimum atomic E-state index is -0.407. The molecule has 9 heteroatoms. The van der Waals surface area contributed by atoms with E-state index in [1.807, 2.05) is 38.2 Å². The summed E-state index contributed by atoms with van der Waals surface area (Å²) in [5.41, 5.74) is 5.74. The number of nitrogens with zero attached hydrogens (tertiary/aromatic N) is 5. The van der Waals surface area contributed by atoms with E-state index >= 15 is 4.39 Å².